The van der Waals surface area contributed by atoms with Crippen LogP contribution < -0.4 is 0 Å². The van der Waals surface area contributed by atoms with Crippen LogP contribution in [0.2, 0.25) is 0 Å². The smallest absolute Gasteiger partial charge is 0.0714 e. The molecule has 0 bridgehead atoms. The number of hydrogen-bond donors (Lipinski definition) is 0. The average molecular weight is 757 g/mol. The summed E-state index contributed by atoms with van der Waals surface area (Å²) in [6.07, 6.45) is 8.23. The fourth-order valence-electron chi connectivity index (χ4n) is 6.09. The van der Waals surface area contributed by atoms with Gasteiger partial charge < -0.3 is 0 Å². The van der Waals surface area contributed by atoms with Crippen molar-refractivity contribution in [2.24, 2.45) is 0 Å². The number of pyridine rings is 4. The normalized spacial score (nSPS) is 14.4. The first-order chi connectivity index (χ1) is 24.8. The lowest BCUT2D eigenvalue weighted by atomic mass is 10.2. The topological polar surface area (TPSA) is 51.6 Å². The molecule has 244 valence electrons. The van der Waals surface area contributed by atoms with Crippen LogP contribution in [0.4, 0.5) is 0 Å². The third-order valence-corrected chi connectivity index (χ3v) is 16.1. The van der Waals surface area contributed by atoms with Crippen molar-refractivity contribution < 1.29 is 0 Å². The molecule has 0 atom stereocenters. The van der Waals surface area contributed by atoms with E-state index >= 15 is 0 Å². The van der Waals surface area contributed by atoms with Gasteiger partial charge in [-0.05, 0) is 24.3 Å². The highest BCUT2D eigenvalue weighted by Gasteiger charge is 2.19. The Morgan fingerprint density at radius 1 is 0.320 bits per heavy atom. The molecule has 4 nitrogen and oxygen atoms in total. The van der Waals surface area contributed by atoms with Crippen molar-refractivity contribution in [3.05, 3.63) is 122 Å². The van der Waals surface area contributed by atoms with Gasteiger partial charge in [0.1, 0.15) is 0 Å². The maximum atomic E-state index is 4.91. The Morgan fingerprint density at radius 2 is 0.560 bits per heavy atom. The third kappa shape index (κ3) is 6.46. The second kappa shape index (κ2) is 14.7. The van der Waals surface area contributed by atoms with Crippen LogP contribution in [0.5, 0.6) is 0 Å². The molecule has 0 N–H and O–H groups in total. The van der Waals surface area contributed by atoms with E-state index in [1.807, 2.05) is 47.0 Å². The molecular weight excluding hydrogens is 729 g/mol. The van der Waals surface area contributed by atoms with E-state index in [0.717, 1.165) is 45.1 Å². The van der Waals surface area contributed by atoms with E-state index in [4.69, 9.17) is 19.9 Å². The molecule has 0 fully saturated rings. The van der Waals surface area contributed by atoms with Crippen molar-refractivity contribution in [2.75, 3.05) is 23.0 Å². The lowest BCUT2D eigenvalue weighted by molar-refractivity contribution is 1.15. The van der Waals surface area contributed by atoms with E-state index in [2.05, 4.69) is 122 Å². The Kier molecular flexibility index (Phi) is 9.56. The summed E-state index contributed by atoms with van der Waals surface area (Å²) in [7, 11) is 0. The van der Waals surface area contributed by atoms with Crippen molar-refractivity contribution in [1.82, 2.24) is 19.9 Å². The minimum Gasteiger partial charge on any atom is -0.255 e. The molecule has 0 saturated carbocycles. The molecule has 5 heterocycles. The molecule has 4 aromatic heterocycles. The van der Waals surface area contributed by atoms with E-state index < -0.39 is 0 Å². The van der Waals surface area contributed by atoms with Gasteiger partial charge in [0, 0.05) is 109 Å². The zero-order valence-electron chi connectivity index (χ0n) is 26.6. The van der Waals surface area contributed by atoms with E-state index in [1.165, 1.54) is 60.7 Å². The number of benzene rings is 4. The van der Waals surface area contributed by atoms with E-state index in [0.29, 0.717) is 0 Å². The van der Waals surface area contributed by atoms with Gasteiger partial charge in [-0.2, -0.15) is 0 Å². The fourth-order valence-corrected chi connectivity index (χ4v) is 13.2. The number of fused-ring (bicyclic) bond motifs is 12. The van der Waals surface area contributed by atoms with Crippen molar-refractivity contribution >= 4 is 114 Å². The van der Waals surface area contributed by atoms with Gasteiger partial charge in [-0.25, -0.2) is 0 Å². The number of thioether (sulfide) groups is 4. The highest BCUT2D eigenvalue weighted by Crippen LogP contribution is 2.47. The SMILES string of the molecule is c1ccc2c3c(cnc2c1)Sc1cnc2ccccc2c1SCCSc1c(cnc2ccccc12)Sc1cnc2ccccc2c1SCCS3. The quantitative estimate of drug-likeness (QED) is 0.149. The molecule has 0 radical (unpaired) electrons. The Balaban J connectivity index is 1.17. The van der Waals surface area contributed by atoms with Gasteiger partial charge in [0.25, 0.3) is 0 Å². The second-order valence-electron chi connectivity index (χ2n) is 11.5. The summed E-state index contributed by atoms with van der Waals surface area (Å²) >= 11 is 11.3. The third-order valence-electron chi connectivity index (χ3n) is 8.37. The predicted molar refractivity (Wildman–Crippen MR) is 218 cm³/mol. The summed E-state index contributed by atoms with van der Waals surface area (Å²) in [5.41, 5.74) is 4.10. The number of nitrogens with zero attached hydrogens (tertiary/aromatic N) is 4. The first kappa shape index (κ1) is 32.5. The molecule has 10 heteroatoms. The zero-order chi connectivity index (χ0) is 33.3. The molecule has 1 aliphatic heterocycles. The molecule has 4 aromatic carbocycles. The Hall–Kier alpha value is -3.38. The minimum atomic E-state index is 0.948. The summed E-state index contributed by atoms with van der Waals surface area (Å²) in [4.78, 5) is 29.4. The molecular formula is C40H28N4S6. The number of hydrogen-bond acceptors (Lipinski definition) is 10. The van der Waals surface area contributed by atoms with Gasteiger partial charge in [0.15, 0.2) is 0 Å². The monoisotopic (exact) mass is 756 g/mol. The van der Waals surface area contributed by atoms with Gasteiger partial charge in [-0.15, -0.1) is 47.0 Å². The first-order valence-electron chi connectivity index (χ1n) is 16.2. The van der Waals surface area contributed by atoms with E-state index in [1.54, 1.807) is 23.5 Å². The molecule has 0 unspecified atom stereocenters. The van der Waals surface area contributed by atoms with Crippen molar-refractivity contribution in [3.63, 3.8) is 0 Å². The highest BCUT2D eigenvalue weighted by atomic mass is 32.2. The van der Waals surface area contributed by atoms with Gasteiger partial charge in [0.2, 0.25) is 0 Å². The summed E-state index contributed by atoms with van der Waals surface area (Å²) < 4.78 is 0. The summed E-state index contributed by atoms with van der Waals surface area (Å²) in [5.74, 6) is 3.79. The zero-order valence-corrected chi connectivity index (χ0v) is 31.5. The van der Waals surface area contributed by atoms with E-state index in [-0.39, 0.29) is 0 Å². The predicted octanol–water partition coefficient (Wildman–Crippen LogP) is 12.3. The Bertz CT molecular complexity index is 2190. The maximum absolute atomic E-state index is 4.91. The van der Waals surface area contributed by atoms with Crippen molar-refractivity contribution in [1.29, 1.82) is 0 Å². The molecule has 0 amide bonds. The van der Waals surface area contributed by atoms with Crippen LogP contribution in [0.25, 0.3) is 43.6 Å². The number of para-hydroxylation sites is 4. The van der Waals surface area contributed by atoms with E-state index in [9.17, 15) is 0 Å². The van der Waals surface area contributed by atoms with Crippen LogP contribution in [0.1, 0.15) is 0 Å². The van der Waals surface area contributed by atoms with Gasteiger partial charge >= 0.3 is 0 Å². The molecule has 8 aromatic rings. The standard InChI is InChI=1S/C40H28N4S6/c1-5-13-29-25(9-1)37-33(21-41-29)49-34-22-42-30-14-6-2-10-26(30)38(34)47-19-20-48-40-28-12-4-8-16-32(28)44-24-36(40)50-35-23-43-31-15-7-3-11-27(31)39(35)46-18-17-45-37/h1-16,21-24H,17-20H2. The molecule has 50 heavy (non-hydrogen) atoms. The lowest BCUT2D eigenvalue weighted by Gasteiger charge is -2.17. The molecule has 0 aliphatic carbocycles. The van der Waals surface area contributed by atoms with Crippen molar-refractivity contribution in [2.45, 2.75) is 39.2 Å². The number of rotatable bonds is 0. The summed E-state index contributed by atoms with van der Waals surface area (Å²) in [6, 6.07) is 34.0. The van der Waals surface area contributed by atoms with Gasteiger partial charge in [-0.3, -0.25) is 19.9 Å². The summed E-state index contributed by atoms with van der Waals surface area (Å²) in [6.45, 7) is 0. The second-order valence-corrected chi connectivity index (χ2v) is 18.1. The maximum Gasteiger partial charge on any atom is 0.0714 e. The molecule has 0 saturated heterocycles. The molecule has 0 spiro atoms. The van der Waals surface area contributed by atoms with Gasteiger partial charge in [-0.1, -0.05) is 96.3 Å². The van der Waals surface area contributed by atoms with Crippen LogP contribution in [-0.2, 0) is 0 Å². The van der Waals surface area contributed by atoms with Crippen LogP contribution in [0, 0.1) is 0 Å². The Labute approximate surface area is 315 Å². The van der Waals surface area contributed by atoms with Crippen molar-refractivity contribution in [3.8, 4) is 0 Å². The highest BCUT2D eigenvalue weighted by molar-refractivity contribution is 8.06. The summed E-state index contributed by atoms with van der Waals surface area (Å²) in [5, 5.41) is 4.79. The van der Waals surface area contributed by atoms with Crippen LogP contribution >= 0.6 is 70.6 Å². The number of aromatic nitrogens is 4. The average Bonchev–Trinajstić information content (AvgIpc) is 3.16. The van der Waals surface area contributed by atoms with Gasteiger partial charge in [0.05, 0.1) is 22.1 Å². The Morgan fingerprint density at radius 3 is 0.820 bits per heavy atom. The van der Waals surface area contributed by atoms with Crippen LogP contribution in [-0.4, -0.2) is 42.9 Å². The largest absolute Gasteiger partial charge is 0.255 e. The van der Waals surface area contributed by atoms with Crippen LogP contribution in [0.15, 0.2) is 161 Å². The minimum absolute atomic E-state index is 0.948. The fraction of sp³-hybridized carbons (Fsp3) is 0.100. The lowest BCUT2D eigenvalue weighted by Crippen LogP contribution is -1.95. The van der Waals surface area contributed by atoms with Crippen LogP contribution in [0.3, 0.4) is 0 Å². The first-order valence-corrected chi connectivity index (χ1v) is 21.8. The molecule has 1 aliphatic rings. The molecule has 9 rings (SSSR count).